The van der Waals surface area contributed by atoms with E-state index in [-0.39, 0.29) is 11.8 Å². The Morgan fingerprint density at radius 3 is 2.38 bits per heavy atom. The largest absolute Gasteiger partial charge is 0.424 e. The maximum absolute atomic E-state index is 12.4. The minimum atomic E-state index is -0.216. The van der Waals surface area contributed by atoms with Crippen LogP contribution in [0.1, 0.15) is 51.6 Å². The number of ether oxygens (including phenoxy) is 1. The topological polar surface area (TPSA) is 99.7 Å². The van der Waals surface area contributed by atoms with Crippen molar-refractivity contribution in [3.05, 3.63) is 47.0 Å². The zero-order valence-electron chi connectivity index (χ0n) is 16.1. The number of imide groups is 1. The van der Waals surface area contributed by atoms with Gasteiger partial charge in [-0.25, -0.2) is 4.98 Å². The van der Waals surface area contributed by atoms with Crippen LogP contribution in [0.15, 0.2) is 28.7 Å². The molecule has 0 atom stereocenters. The van der Waals surface area contributed by atoms with Gasteiger partial charge in [-0.3, -0.25) is 14.5 Å². The number of oxazole rings is 1. The third-order valence-electron chi connectivity index (χ3n) is 5.21. The van der Waals surface area contributed by atoms with Crippen LogP contribution in [0, 0.1) is 11.3 Å². The number of carbonyl (C=O) groups is 2. The van der Waals surface area contributed by atoms with E-state index in [9.17, 15) is 14.9 Å². The first kappa shape index (κ1) is 19.2. The van der Waals surface area contributed by atoms with E-state index >= 15 is 0 Å². The molecule has 0 N–H and O–H groups in total. The number of fused-ring (bicyclic) bond motifs is 1. The molecule has 8 nitrogen and oxygen atoms in total. The molecular weight excluding hydrogens is 372 g/mol. The molecule has 4 rings (SSSR count). The fourth-order valence-corrected chi connectivity index (χ4v) is 3.68. The Kier molecular flexibility index (Phi) is 5.58. The zero-order chi connectivity index (χ0) is 20.2. The van der Waals surface area contributed by atoms with E-state index in [1.54, 1.807) is 24.3 Å². The quantitative estimate of drug-likeness (QED) is 0.525. The van der Waals surface area contributed by atoms with Crippen molar-refractivity contribution in [3.63, 3.8) is 0 Å². The number of hydrogen-bond acceptors (Lipinski definition) is 7. The van der Waals surface area contributed by atoms with Crippen LogP contribution >= 0.6 is 0 Å². The van der Waals surface area contributed by atoms with Gasteiger partial charge in [-0.2, -0.15) is 5.26 Å². The van der Waals surface area contributed by atoms with Crippen LogP contribution in [-0.4, -0.2) is 54.5 Å². The molecule has 2 aliphatic rings. The summed E-state index contributed by atoms with van der Waals surface area (Å²) in [6.45, 7) is 2.99. The van der Waals surface area contributed by atoms with E-state index in [0.717, 1.165) is 12.8 Å². The summed E-state index contributed by atoms with van der Waals surface area (Å²) in [5.41, 5.74) is 1.28. The van der Waals surface area contributed by atoms with Gasteiger partial charge in [0.05, 0.1) is 24.3 Å². The maximum Gasteiger partial charge on any atom is 0.261 e. The minimum Gasteiger partial charge on any atom is -0.424 e. The zero-order valence-corrected chi connectivity index (χ0v) is 16.1. The van der Waals surface area contributed by atoms with Gasteiger partial charge in [0.15, 0.2) is 5.89 Å². The lowest BCUT2D eigenvalue weighted by atomic mass is 10.1. The van der Waals surface area contributed by atoms with Gasteiger partial charge < -0.3 is 14.1 Å². The first-order valence-electron chi connectivity index (χ1n) is 9.87. The molecule has 1 fully saturated rings. The molecule has 29 heavy (non-hydrogen) atoms. The lowest BCUT2D eigenvalue weighted by Crippen LogP contribution is -2.36. The second kappa shape index (κ2) is 8.45. The minimum absolute atomic E-state index is 0.216. The van der Waals surface area contributed by atoms with E-state index < -0.39 is 0 Å². The Bertz CT molecular complexity index is 921. The van der Waals surface area contributed by atoms with Crippen LogP contribution in [0.5, 0.6) is 0 Å². The highest BCUT2D eigenvalue weighted by Crippen LogP contribution is 2.25. The van der Waals surface area contributed by atoms with E-state index in [0.29, 0.717) is 74.3 Å². The molecule has 0 radical (unpaired) electrons. The summed E-state index contributed by atoms with van der Waals surface area (Å²) >= 11 is 0. The average Bonchev–Trinajstić information content (AvgIpc) is 3.29. The second-order valence-corrected chi connectivity index (χ2v) is 7.09. The van der Waals surface area contributed by atoms with Crippen LogP contribution in [0.3, 0.4) is 0 Å². The number of anilines is 1. The Balaban J connectivity index is 1.26. The second-order valence-electron chi connectivity index (χ2n) is 7.09. The van der Waals surface area contributed by atoms with Gasteiger partial charge in [-0.1, -0.05) is 18.6 Å². The van der Waals surface area contributed by atoms with Crippen LogP contribution in [0.2, 0.25) is 0 Å². The summed E-state index contributed by atoms with van der Waals surface area (Å²) in [7, 11) is 0. The Morgan fingerprint density at radius 2 is 1.72 bits per heavy atom. The fraction of sp³-hybridized carbons (Fsp3) is 0.429. The number of morpholine rings is 1. The van der Waals surface area contributed by atoms with Crippen molar-refractivity contribution in [2.75, 3.05) is 37.7 Å². The number of aryl methyl sites for hydroxylation is 1. The summed E-state index contributed by atoms with van der Waals surface area (Å²) in [5, 5.41) is 9.32. The number of nitriles is 1. The standard InChI is InChI=1S/C21H22N4O4/c22-14-17-21(24-10-12-28-13-11-24)29-18(23-17)8-2-1-5-9-25-19(26)15-6-3-4-7-16(15)20(25)27/h3-4,6-7H,1-2,5,8-13H2. The Labute approximate surface area is 168 Å². The predicted octanol–water partition coefficient (Wildman–Crippen LogP) is 2.39. The number of carbonyl (C=O) groups excluding carboxylic acids is 2. The van der Waals surface area contributed by atoms with Crippen LogP contribution in [-0.2, 0) is 11.2 Å². The van der Waals surface area contributed by atoms with Crippen molar-refractivity contribution in [3.8, 4) is 6.07 Å². The molecule has 1 aromatic carbocycles. The molecule has 0 aliphatic carbocycles. The predicted molar refractivity (Wildman–Crippen MR) is 104 cm³/mol. The number of unbranched alkanes of at least 4 members (excludes halogenated alkanes) is 2. The molecule has 8 heteroatoms. The number of amides is 2. The van der Waals surface area contributed by atoms with Crippen molar-refractivity contribution >= 4 is 17.7 Å². The van der Waals surface area contributed by atoms with Crippen molar-refractivity contribution in [1.82, 2.24) is 9.88 Å². The molecule has 0 bridgehead atoms. The summed E-state index contributed by atoms with van der Waals surface area (Å²) < 4.78 is 11.2. The van der Waals surface area contributed by atoms with Crippen LogP contribution in [0.4, 0.5) is 5.88 Å². The first-order valence-corrected chi connectivity index (χ1v) is 9.87. The molecule has 2 aliphatic heterocycles. The maximum atomic E-state index is 12.4. The Morgan fingerprint density at radius 1 is 1.03 bits per heavy atom. The highest BCUT2D eigenvalue weighted by atomic mass is 16.5. The van der Waals surface area contributed by atoms with Crippen molar-refractivity contribution in [2.45, 2.75) is 25.7 Å². The molecule has 0 unspecified atom stereocenters. The molecule has 0 saturated carbocycles. The number of benzene rings is 1. The first-order chi connectivity index (χ1) is 14.2. The third-order valence-corrected chi connectivity index (χ3v) is 5.21. The van der Waals surface area contributed by atoms with E-state index in [1.807, 2.05) is 4.90 Å². The normalized spacial score (nSPS) is 16.2. The fourth-order valence-electron chi connectivity index (χ4n) is 3.68. The van der Waals surface area contributed by atoms with Gasteiger partial charge in [0, 0.05) is 26.1 Å². The molecule has 3 heterocycles. The van der Waals surface area contributed by atoms with Crippen LogP contribution < -0.4 is 4.90 Å². The molecule has 1 saturated heterocycles. The third kappa shape index (κ3) is 3.87. The summed E-state index contributed by atoms with van der Waals surface area (Å²) in [6, 6.07) is 9.02. The molecule has 2 amide bonds. The number of rotatable bonds is 7. The summed E-state index contributed by atoms with van der Waals surface area (Å²) in [4.78, 5) is 32.3. The van der Waals surface area contributed by atoms with Gasteiger partial charge in [0.1, 0.15) is 6.07 Å². The Hall–Kier alpha value is -3.18. The monoisotopic (exact) mass is 394 g/mol. The molecule has 2 aromatic rings. The lowest BCUT2D eigenvalue weighted by molar-refractivity contribution is 0.0651. The molecular formula is C21H22N4O4. The van der Waals surface area contributed by atoms with E-state index in [1.165, 1.54) is 4.90 Å². The highest BCUT2D eigenvalue weighted by molar-refractivity contribution is 6.21. The number of hydrogen-bond donors (Lipinski definition) is 0. The average molecular weight is 394 g/mol. The van der Waals surface area contributed by atoms with Gasteiger partial charge in [0.2, 0.25) is 11.6 Å². The van der Waals surface area contributed by atoms with E-state index in [2.05, 4.69) is 11.1 Å². The van der Waals surface area contributed by atoms with Crippen LogP contribution in [0.25, 0.3) is 0 Å². The molecule has 150 valence electrons. The SMILES string of the molecule is N#Cc1nc(CCCCCN2C(=O)c3ccccc3C2=O)oc1N1CCOCC1. The smallest absolute Gasteiger partial charge is 0.261 e. The van der Waals surface area contributed by atoms with E-state index in [4.69, 9.17) is 9.15 Å². The summed E-state index contributed by atoms with van der Waals surface area (Å²) in [6.07, 6.45) is 2.95. The van der Waals surface area contributed by atoms with Crippen molar-refractivity contribution in [2.24, 2.45) is 0 Å². The molecule has 1 aromatic heterocycles. The number of aromatic nitrogens is 1. The highest BCUT2D eigenvalue weighted by Gasteiger charge is 2.34. The molecule has 0 spiro atoms. The van der Waals surface area contributed by atoms with Gasteiger partial charge in [-0.05, 0) is 25.0 Å². The van der Waals surface area contributed by atoms with Crippen molar-refractivity contribution < 1.29 is 18.7 Å². The lowest BCUT2D eigenvalue weighted by Gasteiger charge is -2.25. The van der Waals surface area contributed by atoms with Gasteiger partial charge in [0.25, 0.3) is 11.8 Å². The van der Waals surface area contributed by atoms with Gasteiger partial charge >= 0.3 is 0 Å². The number of nitrogens with zero attached hydrogens (tertiary/aromatic N) is 4. The van der Waals surface area contributed by atoms with Gasteiger partial charge in [-0.15, -0.1) is 0 Å². The van der Waals surface area contributed by atoms with Crippen molar-refractivity contribution in [1.29, 1.82) is 5.26 Å². The summed E-state index contributed by atoms with van der Waals surface area (Å²) in [5.74, 6) is 0.639.